The van der Waals surface area contributed by atoms with E-state index in [0.717, 1.165) is 24.1 Å². The van der Waals surface area contributed by atoms with E-state index in [1.54, 1.807) is 0 Å². The number of carbonyl (C=O) groups is 1. The average Bonchev–Trinajstić information content (AvgIpc) is 3.45. The number of hydrogen-bond donors (Lipinski definition) is 2. The van der Waals surface area contributed by atoms with Crippen LogP contribution in [0.3, 0.4) is 0 Å². The average molecular weight is 443 g/mol. The minimum absolute atomic E-state index is 0. The van der Waals surface area contributed by atoms with Crippen molar-refractivity contribution < 1.29 is 4.79 Å². The van der Waals surface area contributed by atoms with Gasteiger partial charge < -0.3 is 11.1 Å². The Morgan fingerprint density at radius 2 is 1.53 bits per heavy atom. The van der Waals surface area contributed by atoms with Crippen molar-refractivity contribution in [3.63, 3.8) is 0 Å². The van der Waals surface area contributed by atoms with Crippen LogP contribution in [0.1, 0.15) is 29.0 Å². The number of nitrogens with one attached hydrogen (secondary N) is 1. The van der Waals surface area contributed by atoms with Gasteiger partial charge in [-0.25, -0.2) is 0 Å². The van der Waals surface area contributed by atoms with Crippen LogP contribution in [-0.2, 0) is 17.6 Å². The molecule has 0 aromatic heterocycles. The highest BCUT2D eigenvalue weighted by atomic mass is 35.5. The third-order valence-corrected chi connectivity index (χ3v) is 6.27. The first-order chi connectivity index (χ1) is 15.1. The molecule has 1 fully saturated rings. The summed E-state index contributed by atoms with van der Waals surface area (Å²) in [5, 5.41) is 5.50. The summed E-state index contributed by atoms with van der Waals surface area (Å²) in [6.07, 6.45) is 2.24. The van der Waals surface area contributed by atoms with Gasteiger partial charge in [-0.05, 0) is 52.4 Å². The van der Waals surface area contributed by atoms with E-state index in [9.17, 15) is 4.79 Å². The molecule has 2 unspecified atom stereocenters. The lowest BCUT2D eigenvalue weighted by Gasteiger charge is -2.13. The van der Waals surface area contributed by atoms with Gasteiger partial charge in [-0.2, -0.15) is 0 Å². The maximum absolute atomic E-state index is 12.3. The van der Waals surface area contributed by atoms with E-state index in [4.69, 9.17) is 5.73 Å². The zero-order chi connectivity index (χ0) is 21.3. The third-order valence-electron chi connectivity index (χ3n) is 6.27. The van der Waals surface area contributed by atoms with Crippen LogP contribution in [0, 0.1) is 0 Å². The lowest BCUT2D eigenvalue weighted by atomic mass is 9.97. The van der Waals surface area contributed by atoms with Gasteiger partial charge in [-0.15, -0.1) is 12.4 Å². The Labute approximate surface area is 195 Å². The molecular formula is C28H27ClN2O. The Hall–Kier alpha value is -3.14. The molecule has 1 aliphatic carbocycles. The Morgan fingerprint density at radius 3 is 2.28 bits per heavy atom. The van der Waals surface area contributed by atoms with Gasteiger partial charge in [0.05, 0.1) is 6.42 Å². The normalized spacial score (nSPS) is 19.2. The first-order valence-corrected chi connectivity index (χ1v) is 10.8. The van der Waals surface area contributed by atoms with Crippen molar-refractivity contribution in [3.05, 3.63) is 114 Å². The molecule has 1 amide bonds. The topological polar surface area (TPSA) is 55.1 Å². The van der Waals surface area contributed by atoms with Crippen LogP contribution in [0.15, 0.2) is 97.1 Å². The van der Waals surface area contributed by atoms with Gasteiger partial charge in [0.1, 0.15) is 0 Å². The van der Waals surface area contributed by atoms with Crippen molar-refractivity contribution in [2.75, 3.05) is 5.32 Å². The van der Waals surface area contributed by atoms with Gasteiger partial charge >= 0.3 is 0 Å². The quantitative estimate of drug-likeness (QED) is 0.392. The minimum Gasteiger partial charge on any atom is -0.326 e. The molecule has 4 aromatic carbocycles. The molecule has 0 saturated heterocycles. The Kier molecular flexibility index (Phi) is 6.31. The van der Waals surface area contributed by atoms with E-state index >= 15 is 0 Å². The Bertz CT molecular complexity index is 1220. The highest BCUT2D eigenvalue weighted by Gasteiger charge is 2.51. The van der Waals surface area contributed by atoms with Gasteiger partial charge in [0, 0.05) is 17.1 Å². The maximum Gasteiger partial charge on any atom is 0.228 e. The van der Waals surface area contributed by atoms with Crippen LogP contribution in [-0.4, -0.2) is 11.4 Å². The Morgan fingerprint density at radius 1 is 0.844 bits per heavy atom. The van der Waals surface area contributed by atoms with E-state index in [0.29, 0.717) is 12.3 Å². The molecule has 1 aliphatic rings. The zero-order valence-electron chi connectivity index (χ0n) is 17.8. The third kappa shape index (κ3) is 4.85. The fraction of sp³-hybridized carbons (Fsp3) is 0.179. The van der Waals surface area contributed by atoms with Crippen LogP contribution in [0.5, 0.6) is 0 Å². The number of benzene rings is 4. The van der Waals surface area contributed by atoms with E-state index in [1.807, 2.05) is 42.5 Å². The standard InChI is InChI=1S/C28H26N2O.ClH/c29-28(18-21-10-11-22-8-4-5-9-24(22)16-21)19-26(28)23-12-14-25(15-13-23)30-27(31)17-20-6-2-1-3-7-20;/h1-16,26H,17-19,29H2,(H,30,31);1H. The van der Waals surface area contributed by atoms with Crippen molar-refractivity contribution >= 4 is 34.8 Å². The van der Waals surface area contributed by atoms with Crippen LogP contribution in [0.25, 0.3) is 10.8 Å². The lowest BCUT2D eigenvalue weighted by molar-refractivity contribution is -0.115. The molecule has 0 aliphatic heterocycles. The molecule has 3 nitrogen and oxygen atoms in total. The molecule has 5 rings (SSSR count). The van der Waals surface area contributed by atoms with Crippen molar-refractivity contribution in [3.8, 4) is 0 Å². The van der Waals surface area contributed by atoms with E-state index in [1.165, 1.54) is 21.9 Å². The van der Waals surface area contributed by atoms with Gasteiger partial charge in [-0.1, -0.05) is 84.9 Å². The first-order valence-electron chi connectivity index (χ1n) is 10.8. The molecule has 0 bridgehead atoms. The molecule has 2 atom stereocenters. The predicted octanol–water partition coefficient (Wildman–Crippen LogP) is 5.87. The number of hydrogen-bond acceptors (Lipinski definition) is 2. The van der Waals surface area contributed by atoms with Crippen molar-refractivity contribution in [1.82, 2.24) is 0 Å². The van der Waals surface area contributed by atoms with Crippen molar-refractivity contribution in [2.45, 2.75) is 30.7 Å². The lowest BCUT2D eigenvalue weighted by Crippen LogP contribution is -2.27. The van der Waals surface area contributed by atoms with Crippen LogP contribution >= 0.6 is 12.4 Å². The van der Waals surface area contributed by atoms with Crippen LogP contribution < -0.4 is 11.1 Å². The maximum atomic E-state index is 12.3. The number of nitrogens with two attached hydrogens (primary N) is 1. The molecule has 3 N–H and O–H groups in total. The zero-order valence-corrected chi connectivity index (χ0v) is 18.6. The monoisotopic (exact) mass is 442 g/mol. The number of fused-ring (bicyclic) bond motifs is 1. The van der Waals surface area contributed by atoms with E-state index in [-0.39, 0.29) is 23.9 Å². The molecule has 162 valence electrons. The predicted molar refractivity (Wildman–Crippen MR) is 134 cm³/mol. The smallest absolute Gasteiger partial charge is 0.228 e. The van der Waals surface area contributed by atoms with E-state index in [2.05, 4.69) is 59.9 Å². The second kappa shape index (κ2) is 9.15. The summed E-state index contributed by atoms with van der Waals surface area (Å²) in [5.74, 6) is 0.350. The molecule has 4 heteroatoms. The molecule has 4 aromatic rings. The summed E-state index contributed by atoms with van der Waals surface area (Å²) in [5.41, 5.74) is 10.9. The summed E-state index contributed by atoms with van der Waals surface area (Å²) in [7, 11) is 0. The molecule has 1 saturated carbocycles. The fourth-order valence-corrected chi connectivity index (χ4v) is 4.48. The number of amides is 1. The van der Waals surface area contributed by atoms with Gasteiger partial charge in [0.25, 0.3) is 0 Å². The summed E-state index contributed by atoms with van der Waals surface area (Å²) in [4.78, 5) is 12.3. The molecule has 0 heterocycles. The largest absolute Gasteiger partial charge is 0.326 e. The number of rotatable bonds is 6. The van der Waals surface area contributed by atoms with Gasteiger partial charge in [0.2, 0.25) is 5.91 Å². The first kappa shape index (κ1) is 22.1. The second-order valence-corrected chi connectivity index (χ2v) is 8.68. The summed E-state index contributed by atoms with van der Waals surface area (Å²) in [6.45, 7) is 0. The molecule has 0 radical (unpaired) electrons. The summed E-state index contributed by atoms with van der Waals surface area (Å²) < 4.78 is 0. The van der Waals surface area contributed by atoms with E-state index < -0.39 is 0 Å². The molecular weight excluding hydrogens is 416 g/mol. The van der Waals surface area contributed by atoms with Crippen molar-refractivity contribution in [2.24, 2.45) is 5.73 Å². The number of halogens is 1. The highest BCUT2D eigenvalue weighted by molar-refractivity contribution is 5.92. The highest BCUT2D eigenvalue weighted by Crippen LogP contribution is 2.51. The fourth-order valence-electron chi connectivity index (χ4n) is 4.48. The molecule has 0 spiro atoms. The minimum atomic E-state index is -0.194. The summed E-state index contributed by atoms with van der Waals surface area (Å²) >= 11 is 0. The second-order valence-electron chi connectivity index (χ2n) is 8.68. The SMILES string of the molecule is Cl.NC1(Cc2ccc3ccccc3c2)CC1c1ccc(NC(=O)Cc2ccccc2)cc1. The van der Waals surface area contributed by atoms with Crippen LogP contribution in [0.2, 0.25) is 0 Å². The number of anilines is 1. The summed E-state index contributed by atoms with van der Waals surface area (Å²) in [6, 6.07) is 33.0. The van der Waals surface area contributed by atoms with Crippen LogP contribution in [0.4, 0.5) is 5.69 Å². The Balaban J connectivity index is 0.00000245. The van der Waals surface area contributed by atoms with Gasteiger partial charge in [-0.3, -0.25) is 4.79 Å². The number of carbonyl (C=O) groups excluding carboxylic acids is 1. The van der Waals surface area contributed by atoms with Gasteiger partial charge in [0.15, 0.2) is 0 Å². The molecule has 32 heavy (non-hydrogen) atoms. The van der Waals surface area contributed by atoms with Crippen molar-refractivity contribution in [1.29, 1.82) is 0 Å².